The smallest absolute Gasteiger partial charge is 0.0500 e. The van der Waals surface area contributed by atoms with Gasteiger partial charge in [-0.1, -0.05) is 73.5 Å². The van der Waals surface area contributed by atoms with E-state index in [0.29, 0.717) is 0 Å². The molecule has 0 radical (unpaired) electrons. The summed E-state index contributed by atoms with van der Waals surface area (Å²) in [5.74, 6) is 0. The van der Waals surface area contributed by atoms with Crippen LogP contribution < -0.4 is 0 Å². The Morgan fingerprint density at radius 2 is 1.44 bits per heavy atom. The van der Waals surface area contributed by atoms with Crippen LogP contribution >= 0.6 is 15.9 Å². The minimum atomic E-state index is 0.895. The maximum absolute atomic E-state index is 5.61. The largest absolute Gasteiger partial charge is 0.381 e. The Balaban J connectivity index is 2.96. The van der Waals surface area contributed by atoms with Gasteiger partial charge in [0.05, 0.1) is 6.61 Å². The van der Waals surface area contributed by atoms with Crippen LogP contribution in [0.3, 0.4) is 0 Å². The highest BCUT2D eigenvalue weighted by atomic mass is 79.9. The highest BCUT2D eigenvalue weighted by molar-refractivity contribution is 9.09. The van der Waals surface area contributed by atoms with E-state index in [4.69, 9.17) is 4.74 Å². The Labute approximate surface area is 123 Å². The summed E-state index contributed by atoms with van der Waals surface area (Å²) < 4.78 is 5.61. The highest BCUT2D eigenvalue weighted by Crippen LogP contribution is 2.06. The number of rotatable bonds is 14. The first-order chi connectivity index (χ1) is 8.91. The lowest BCUT2D eigenvalue weighted by molar-refractivity contribution is 0.134. The molecular formula is C16H31BrO. The summed E-state index contributed by atoms with van der Waals surface area (Å²) in [6.45, 7) is 4.07. The summed E-state index contributed by atoms with van der Waals surface area (Å²) in [5.41, 5.74) is 0. The van der Waals surface area contributed by atoms with E-state index in [1.165, 1.54) is 57.8 Å². The summed E-state index contributed by atoms with van der Waals surface area (Å²) in [6, 6.07) is 0. The molecule has 0 bridgehead atoms. The van der Waals surface area contributed by atoms with Crippen LogP contribution in [0.25, 0.3) is 0 Å². The summed E-state index contributed by atoms with van der Waals surface area (Å²) >= 11 is 3.46. The third kappa shape index (κ3) is 16.2. The minimum absolute atomic E-state index is 0.895. The molecule has 0 amide bonds. The predicted octanol–water partition coefficient (Wildman–Crippen LogP) is 5.88. The molecule has 108 valence electrons. The van der Waals surface area contributed by atoms with Crippen LogP contribution in [0.1, 0.15) is 71.1 Å². The summed E-state index contributed by atoms with van der Waals surface area (Å²) in [6.07, 6.45) is 17.5. The van der Waals surface area contributed by atoms with Crippen LogP contribution in [0, 0.1) is 0 Å². The van der Waals surface area contributed by atoms with E-state index in [2.05, 4.69) is 35.0 Å². The van der Waals surface area contributed by atoms with E-state index >= 15 is 0 Å². The lowest BCUT2D eigenvalue weighted by atomic mass is 10.1. The van der Waals surface area contributed by atoms with E-state index in [0.717, 1.165) is 25.0 Å². The molecule has 0 aliphatic rings. The second-order valence-corrected chi connectivity index (χ2v) is 5.62. The highest BCUT2D eigenvalue weighted by Gasteiger charge is 1.91. The van der Waals surface area contributed by atoms with Gasteiger partial charge in [-0.25, -0.2) is 0 Å². The third-order valence-electron chi connectivity index (χ3n) is 2.99. The number of allylic oxidation sites excluding steroid dienone is 1. The fourth-order valence-electron chi connectivity index (χ4n) is 1.82. The van der Waals surface area contributed by atoms with Crippen molar-refractivity contribution in [2.45, 2.75) is 71.1 Å². The van der Waals surface area contributed by atoms with Crippen molar-refractivity contribution in [3.8, 4) is 0 Å². The van der Waals surface area contributed by atoms with Gasteiger partial charge in [0.1, 0.15) is 0 Å². The van der Waals surface area contributed by atoms with Crippen LogP contribution in [0.4, 0.5) is 0 Å². The molecule has 0 spiro atoms. The van der Waals surface area contributed by atoms with Gasteiger partial charge in [0, 0.05) is 11.9 Å². The second kappa shape index (κ2) is 17.2. The van der Waals surface area contributed by atoms with E-state index < -0.39 is 0 Å². The average Bonchev–Trinajstić information content (AvgIpc) is 2.39. The topological polar surface area (TPSA) is 9.23 Å². The van der Waals surface area contributed by atoms with Crippen LogP contribution in [0.2, 0.25) is 0 Å². The van der Waals surface area contributed by atoms with Crippen LogP contribution in [-0.4, -0.2) is 18.5 Å². The number of halogens is 1. The molecule has 18 heavy (non-hydrogen) atoms. The quantitative estimate of drug-likeness (QED) is 0.221. The Bertz CT molecular complexity index is 168. The van der Waals surface area contributed by atoms with Crippen molar-refractivity contribution >= 4 is 15.9 Å². The van der Waals surface area contributed by atoms with E-state index in [1.54, 1.807) is 0 Å². The Kier molecular flexibility index (Phi) is 17.4. The first-order valence-electron chi connectivity index (χ1n) is 7.70. The van der Waals surface area contributed by atoms with Crippen LogP contribution in [0.15, 0.2) is 12.2 Å². The number of ether oxygens (including phenoxy) is 1. The summed E-state index contributed by atoms with van der Waals surface area (Å²) in [5, 5.41) is 1.15. The molecule has 0 N–H and O–H groups in total. The second-order valence-electron chi connectivity index (χ2n) is 4.82. The van der Waals surface area contributed by atoms with Gasteiger partial charge < -0.3 is 4.74 Å². The molecule has 0 atom stereocenters. The van der Waals surface area contributed by atoms with Crippen molar-refractivity contribution in [1.29, 1.82) is 0 Å². The van der Waals surface area contributed by atoms with E-state index in [1.807, 2.05) is 0 Å². The molecule has 2 heteroatoms. The molecular weight excluding hydrogens is 288 g/mol. The zero-order valence-electron chi connectivity index (χ0n) is 12.1. The number of unbranched alkanes of at least 4 members (excludes halogenated alkanes) is 7. The molecule has 0 aromatic heterocycles. The van der Waals surface area contributed by atoms with E-state index in [-0.39, 0.29) is 0 Å². The molecule has 0 rings (SSSR count). The van der Waals surface area contributed by atoms with Crippen LogP contribution in [0.5, 0.6) is 0 Å². The fourth-order valence-corrected chi connectivity index (χ4v) is 2.21. The molecule has 0 aromatic rings. The molecule has 0 aromatic carbocycles. The summed E-state index contributed by atoms with van der Waals surface area (Å²) in [7, 11) is 0. The van der Waals surface area contributed by atoms with Gasteiger partial charge >= 0.3 is 0 Å². The van der Waals surface area contributed by atoms with Crippen molar-refractivity contribution in [1.82, 2.24) is 0 Å². The number of alkyl halides is 1. The van der Waals surface area contributed by atoms with Crippen molar-refractivity contribution in [3.63, 3.8) is 0 Å². The minimum Gasteiger partial charge on any atom is -0.381 e. The molecule has 0 saturated heterocycles. The molecule has 0 heterocycles. The maximum Gasteiger partial charge on any atom is 0.0500 e. The first kappa shape index (κ1) is 18.2. The van der Waals surface area contributed by atoms with Gasteiger partial charge in [-0.3, -0.25) is 0 Å². The van der Waals surface area contributed by atoms with Gasteiger partial charge in [-0.05, 0) is 25.7 Å². The molecule has 0 aliphatic heterocycles. The lowest BCUT2D eigenvalue weighted by Crippen LogP contribution is -1.95. The molecule has 1 nitrogen and oxygen atoms in total. The van der Waals surface area contributed by atoms with Gasteiger partial charge in [-0.15, -0.1) is 0 Å². The van der Waals surface area contributed by atoms with Gasteiger partial charge in [0.15, 0.2) is 0 Å². The Morgan fingerprint density at radius 3 is 2.17 bits per heavy atom. The average molecular weight is 319 g/mol. The van der Waals surface area contributed by atoms with Gasteiger partial charge in [0.25, 0.3) is 0 Å². The van der Waals surface area contributed by atoms with Crippen molar-refractivity contribution in [2.75, 3.05) is 18.5 Å². The van der Waals surface area contributed by atoms with Crippen molar-refractivity contribution in [2.24, 2.45) is 0 Å². The normalized spacial score (nSPS) is 11.4. The lowest BCUT2D eigenvalue weighted by Gasteiger charge is -2.02. The van der Waals surface area contributed by atoms with Crippen LogP contribution in [-0.2, 0) is 4.74 Å². The Morgan fingerprint density at radius 1 is 0.778 bits per heavy atom. The standard InChI is InChI=1S/C16H31BrO/c1-2-3-4-5-9-12-15-18-16-13-10-7-6-8-11-14-17/h5,9H,2-4,6-8,10-16H2,1H3/b9-5-. The zero-order chi connectivity index (χ0) is 13.3. The monoisotopic (exact) mass is 318 g/mol. The van der Waals surface area contributed by atoms with E-state index in [9.17, 15) is 0 Å². The number of hydrogen-bond donors (Lipinski definition) is 0. The fraction of sp³-hybridized carbons (Fsp3) is 0.875. The third-order valence-corrected chi connectivity index (χ3v) is 3.55. The molecule has 0 aliphatic carbocycles. The molecule has 0 saturated carbocycles. The maximum atomic E-state index is 5.61. The van der Waals surface area contributed by atoms with Gasteiger partial charge in [-0.2, -0.15) is 0 Å². The zero-order valence-corrected chi connectivity index (χ0v) is 13.7. The number of hydrogen-bond acceptors (Lipinski definition) is 1. The van der Waals surface area contributed by atoms with Crippen molar-refractivity contribution < 1.29 is 4.74 Å². The predicted molar refractivity (Wildman–Crippen MR) is 85.6 cm³/mol. The molecule has 0 unspecified atom stereocenters. The first-order valence-corrected chi connectivity index (χ1v) is 8.82. The molecule has 0 fully saturated rings. The SMILES string of the molecule is CCCC/C=C\CCOCCCCCCCCBr. The summed E-state index contributed by atoms with van der Waals surface area (Å²) in [4.78, 5) is 0. The Hall–Kier alpha value is 0.180. The van der Waals surface area contributed by atoms with Crippen molar-refractivity contribution in [3.05, 3.63) is 12.2 Å². The van der Waals surface area contributed by atoms with Gasteiger partial charge in [0.2, 0.25) is 0 Å².